The molecule has 1 aliphatic heterocycles. The predicted octanol–water partition coefficient (Wildman–Crippen LogP) is 6.05. The maximum atomic E-state index is 13.1. The number of hydrogen-bond donors (Lipinski definition) is 1. The van der Waals surface area contributed by atoms with Crippen molar-refractivity contribution < 1.29 is 9.59 Å². The van der Waals surface area contributed by atoms with Crippen LogP contribution in [0.4, 0.5) is 5.69 Å². The smallest absolute Gasteiger partial charge is 0.246 e. The third kappa shape index (κ3) is 10.0. The Kier molecular flexibility index (Phi) is 14.7. The lowest BCUT2D eigenvalue weighted by molar-refractivity contribution is -0.135. The van der Waals surface area contributed by atoms with Gasteiger partial charge in [0.15, 0.2) is 0 Å². The number of rotatable bonds is 15. The second-order valence-corrected chi connectivity index (χ2v) is 11.4. The van der Waals surface area contributed by atoms with Crippen LogP contribution in [0.3, 0.4) is 0 Å². The van der Waals surface area contributed by atoms with E-state index in [2.05, 4.69) is 44.2 Å². The molecule has 0 saturated carbocycles. The number of thioether (sulfide) groups is 1. The van der Waals surface area contributed by atoms with Crippen LogP contribution in [-0.2, 0) is 9.59 Å². The van der Waals surface area contributed by atoms with Gasteiger partial charge in [-0.2, -0.15) is 16.9 Å². The second kappa shape index (κ2) is 17.7. The zero-order chi connectivity index (χ0) is 30.4. The molecule has 2 rings (SSSR count). The SMILES string of the molecule is C=Cc1ccc(C2=C/C(C=C)/C=N\N(CCSC)C(=O)C/C=C\2)cc1N(C)C(N)CC(C)C(=O)N(CCC)CCC. The van der Waals surface area contributed by atoms with Gasteiger partial charge in [-0.25, -0.2) is 5.01 Å². The average Bonchev–Trinajstić information content (AvgIpc) is 2.98. The number of hydrogen-bond acceptors (Lipinski definition) is 6. The molecule has 1 aromatic rings. The Balaban J connectivity index is 2.36. The van der Waals surface area contributed by atoms with Crippen LogP contribution in [0, 0.1) is 11.8 Å². The highest BCUT2D eigenvalue weighted by Crippen LogP contribution is 2.30. The van der Waals surface area contributed by atoms with E-state index in [1.165, 1.54) is 0 Å². The topological polar surface area (TPSA) is 82.2 Å². The highest BCUT2D eigenvalue weighted by Gasteiger charge is 2.24. The van der Waals surface area contributed by atoms with E-state index in [0.717, 1.165) is 54.1 Å². The quantitative estimate of drug-likeness (QED) is 0.202. The lowest BCUT2D eigenvalue weighted by atomic mass is 9.96. The number of anilines is 1. The Morgan fingerprint density at radius 3 is 2.59 bits per heavy atom. The average molecular weight is 580 g/mol. The lowest BCUT2D eigenvalue weighted by Gasteiger charge is -2.32. The maximum Gasteiger partial charge on any atom is 0.246 e. The summed E-state index contributed by atoms with van der Waals surface area (Å²) in [6, 6.07) is 6.17. The number of allylic oxidation sites excluding steroid dienone is 4. The molecule has 41 heavy (non-hydrogen) atoms. The normalized spacial score (nSPS) is 19.9. The first kappa shape index (κ1) is 34.1. The largest absolute Gasteiger partial charge is 0.359 e. The molecule has 1 aliphatic rings. The molecule has 224 valence electrons. The van der Waals surface area contributed by atoms with Crippen LogP contribution >= 0.6 is 11.8 Å². The van der Waals surface area contributed by atoms with E-state index in [0.29, 0.717) is 13.0 Å². The molecule has 2 amide bonds. The summed E-state index contributed by atoms with van der Waals surface area (Å²) >= 11 is 1.68. The highest BCUT2D eigenvalue weighted by atomic mass is 32.2. The van der Waals surface area contributed by atoms with E-state index in [1.54, 1.807) is 23.0 Å². The van der Waals surface area contributed by atoms with Gasteiger partial charge in [-0.15, -0.1) is 6.58 Å². The number of hydrazone groups is 1. The van der Waals surface area contributed by atoms with E-state index in [1.807, 2.05) is 66.5 Å². The molecule has 0 fully saturated rings. The van der Waals surface area contributed by atoms with Gasteiger partial charge in [0.25, 0.3) is 0 Å². The summed E-state index contributed by atoms with van der Waals surface area (Å²) in [6.45, 7) is 16.3. The molecule has 7 nitrogen and oxygen atoms in total. The lowest BCUT2D eigenvalue weighted by Crippen LogP contribution is -2.44. The molecule has 0 spiro atoms. The van der Waals surface area contributed by atoms with Gasteiger partial charge in [0.05, 0.1) is 12.7 Å². The van der Waals surface area contributed by atoms with Crippen LogP contribution in [-0.4, -0.2) is 72.8 Å². The van der Waals surface area contributed by atoms with Crippen molar-refractivity contribution in [1.29, 1.82) is 0 Å². The molecular weight excluding hydrogens is 530 g/mol. The van der Waals surface area contributed by atoms with Crippen LogP contribution < -0.4 is 10.6 Å². The molecule has 0 aliphatic carbocycles. The highest BCUT2D eigenvalue weighted by molar-refractivity contribution is 7.98. The summed E-state index contributed by atoms with van der Waals surface area (Å²) < 4.78 is 0. The van der Waals surface area contributed by atoms with Gasteiger partial charge in [0.1, 0.15) is 0 Å². The molecule has 0 radical (unpaired) electrons. The van der Waals surface area contributed by atoms with Gasteiger partial charge >= 0.3 is 0 Å². The zero-order valence-corrected chi connectivity index (χ0v) is 26.4. The maximum absolute atomic E-state index is 13.1. The van der Waals surface area contributed by atoms with Crippen LogP contribution in [0.25, 0.3) is 11.6 Å². The Bertz CT molecular complexity index is 1120. The monoisotopic (exact) mass is 579 g/mol. The van der Waals surface area contributed by atoms with Gasteiger partial charge in [0.2, 0.25) is 11.8 Å². The summed E-state index contributed by atoms with van der Waals surface area (Å²) in [4.78, 5) is 29.9. The second-order valence-electron chi connectivity index (χ2n) is 10.4. The van der Waals surface area contributed by atoms with Crippen molar-refractivity contribution in [1.82, 2.24) is 9.91 Å². The Morgan fingerprint density at radius 1 is 1.27 bits per heavy atom. The van der Waals surface area contributed by atoms with Crippen molar-refractivity contribution in [2.24, 2.45) is 22.7 Å². The van der Waals surface area contributed by atoms with E-state index in [9.17, 15) is 9.59 Å². The number of benzene rings is 1. The summed E-state index contributed by atoms with van der Waals surface area (Å²) in [5, 5.41) is 6.02. The predicted molar refractivity (Wildman–Crippen MR) is 178 cm³/mol. The van der Waals surface area contributed by atoms with Gasteiger partial charge < -0.3 is 15.5 Å². The third-order valence-electron chi connectivity index (χ3n) is 7.18. The van der Waals surface area contributed by atoms with Crippen molar-refractivity contribution in [2.75, 3.05) is 43.6 Å². The number of nitrogens with two attached hydrogens (primary N) is 1. The summed E-state index contributed by atoms with van der Waals surface area (Å²) in [5.41, 5.74) is 10.5. The summed E-state index contributed by atoms with van der Waals surface area (Å²) in [5.74, 6) is 0.602. The van der Waals surface area contributed by atoms with E-state index >= 15 is 0 Å². The minimum atomic E-state index is -0.362. The molecule has 8 heteroatoms. The van der Waals surface area contributed by atoms with Crippen molar-refractivity contribution >= 4 is 47.1 Å². The molecule has 0 saturated heterocycles. The summed E-state index contributed by atoms with van der Waals surface area (Å²) in [7, 11) is 1.96. The fraction of sp³-hybridized carbons (Fsp3) is 0.485. The fourth-order valence-electron chi connectivity index (χ4n) is 4.79. The standard InChI is InChI=1S/C33H49N5O2S/c1-8-17-37(18-9-2)33(40)25(5)21-31(34)36(6)30-23-29(16-15-27(30)11-4)28-13-12-14-32(39)38(19-20-41-7)35-24-26(10-3)22-28/h10-13,15-16,22-26,31H,3-4,8-9,14,17-21,34H2,1-2,5-7H3/b13-12-,28-22+,35-24-. The van der Waals surface area contributed by atoms with Gasteiger partial charge in [-0.05, 0) is 48.3 Å². The van der Waals surface area contributed by atoms with Crippen LogP contribution in [0.15, 0.2) is 60.8 Å². The number of carbonyl (C=O) groups is 2. The van der Waals surface area contributed by atoms with Gasteiger partial charge in [-0.3, -0.25) is 9.59 Å². The Morgan fingerprint density at radius 2 is 1.98 bits per heavy atom. The van der Waals surface area contributed by atoms with E-state index in [-0.39, 0.29) is 36.2 Å². The molecular formula is C33H49N5O2S. The zero-order valence-electron chi connectivity index (χ0n) is 25.6. The first-order valence-corrected chi connectivity index (χ1v) is 16.0. The van der Waals surface area contributed by atoms with Gasteiger partial charge in [0, 0.05) is 56.0 Å². The third-order valence-corrected chi connectivity index (χ3v) is 7.77. The number of nitrogens with zero attached hydrogens (tertiary/aromatic N) is 4. The van der Waals surface area contributed by atoms with Crippen molar-refractivity contribution in [3.05, 3.63) is 66.8 Å². The van der Waals surface area contributed by atoms with E-state index < -0.39 is 0 Å². The molecule has 3 atom stereocenters. The summed E-state index contributed by atoms with van der Waals surface area (Å²) in [6.07, 6.45) is 15.7. The van der Waals surface area contributed by atoms with Crippen molar-refractivity contribution in [3.8, 4) is 0 Å². The fourth-order valence-corrected chi connectivity index (χ4v) is 5.14. The van der Waals surface area contributed by atoms with Crippen LogP contribution in [0.5, 0.6) is 0 Å². The molecule has 1 heterocycles. The van der Waals surface area contributed by atoms with Gasteiger partial charge in [-0.1, -0.05) is 69.9 Å². The van der Waals surface area contributed by atoms with E-state index in [4.69, 9.17) is 5.73 Å². The number of carbonyl (C=O) groups excluding carboxylic acids is 2. The number of amides is 2. The van der Waals surface area contributed by atoms with Crippen molar-refractivity contribution in [2.45, 2.75) is 52.6 Å². The molecule has 3 unspecified atom stereocenters. The first-order valence-electron chi connectivity index (χ1n) is 14.6. The molecule has 0 aromatic heterocycles. The van der Waals surface area contributed by atoms with Crippen LogP contribution in [0.2, 0.25) is 0 Å². The Hall–Kier alpha value is -3.10. The minimum absolute atomic E-state index is 0.0379. The van der Waals surface area contributed by atoms with Crippen LogP contribution in [0.1, 0.15) is 57.6 Å². The van der Waals surface area contributed by atoms with Crippen molar-refractivity contribution in [3.63, 3.8) is 0 Å². The Labute approximate surface area is 251 Å². The first-order chi connectivity index (χ1) is 19.7. The molecule has 2 N–H and O–H groups in total. The molecule has 0 bridgehead atoms. The molecule has 1 aromatic carbocycles. The minimum Gasteiger partial charge on any atom is -0.359 e.